The number of para-hydroxylation sites is 1. The maximum Gasteiger partial charge on any atom is 0.150 e. The van der Waals surface area contributed by atoms with Gasteiger partial charge in [-0.25, -0.2) is 4.39 Å². The van der Waals surface area contributed by atoms with Crippen molar-refractivity contribution >= 4 is 5.69 Å². The lowest BCUT2D eigenvalue weighted by Gasteiger charge is -2.31. The van der Waals surface area contributed by atoms with E-state index in [1.807, 2.05) is 4.90 Å². The van der Waals surface area contributed by atoms with E-state index in [1.54, 1.807) is 6.07 Å². The maximum absolute atomic E-state index is 13.8. The zero-order valence-corrected chi connectivity index (χ0v) is 9.78. The predicted molar refractivity (Wildman–Crippen MR) is 63.3 cm³/mol. The maximum atomic E-state index is 13.8. The van der Waals surface area contributed by atoms with E-state index in [0.717, 1.165) is 19.3 Å². The largest absolute Gasteiger partial charge is 0.506 e. The van der Waals surface area contributed by atoms with Gasteiger partial charge in [-0.3, -0.25) is 0 Å². The van der Waals surface area contributed by atoms with Crippen LogP contribution >= 0.6 is 0 Å². The number of hydrogen-bond donors (Lipinski definition) is 1. The van der Waals surface area contributed by atoms with Crippen LogP contribution in [0.4, 0.5) is 10.1 Å². The number of benzene rings is 1. The number of aromatic hydroxyl groups is 1. The first-order valence-electron chi connectivity index (χ1n) is 5.91. The Balaban J connectivity index is 2.42. The van der Waals surface area contributed by atoms with Gasteiger partial charge in [-0.2, -0.15) is 0 Å². The molecule has 1 aliphatic heterocycles. The van der Waals surface area contributed by atoms with Crippen LogP contribution in [-0.4, -0.2) is 17.2 Å². The molecule has 88 valence electrons. The molecule has 1 aromatic carbocycles. The van der Waals surface area contributed by atoms with Crippen molar-refractivity contribution in [3.8, 4) is 5.75 Å². The van der Waals surface area contributed by atoms with Crippen molar-refractivity contribution in [3.05, 3.63) is 24.0 Å². The first-order valence-corrected chi connectivity index (χ1v) is 5.91. The fourth-order valence-corrected chi connectivity index (χ4v) is 2.63. The summed E-state index contributed by atoms with van der Waals surface area (Å²) in [5.41, 5.74) is 0.374. The monoisotopic (exact) mass is 223 g/mol. The molecular weight excluding hydrogens is 205 g/mol. The third-order valence-corrected chi connectivity index (χ3v) is 3.48. The van der Waals surface area contributed by atoms with E-state index in [0.29, 0.717) is 17.8 Å². The summed E-state index contributed by atoms with van der Waals surface area (Å²) in [6.45, 7) is 4.19. The van der Waals surface area contributed by atoms with Gasteiger partial charge in [-0.05, 0) is 38.3 Å². The second-order valence-corrected chi connectivity index (χ2v) is 4.50. The molecule has 2 unspecified atom stereocenters. The molecule has 2 atom stereocenters. The molecule has 0 amide bonds. The number of phenols is 1. The van der Waals surface area contributed by atoms with Gasteiger partial charge < -0.3 is 10.0 Å². The lowest BCUT2D eigenvalue weighted by molar-refractivity contribution is 0.462. The molecule has 1 fully saturated rings. The first kappa shape index (κ1) is 11.2. The molecule has 0 bridgehead atoms. The van der Waals surface area contributed by atoms with Crippen molar-refractivity contribution in [2.45, 2.75) is 45.2 Å². The molecular formula is C13H18FNO. The Hall–Kier alpha value is -1.25. The fourth-order valence-electron chi connectivity index (χ4n) is 2.63. The zero-order valence-electron chi connectivity index (χ0n) is 9.78. The summed E-state index contributed by atoms with van der Waals surface area (Å²) in [4.78, 5) is 2.03. The van der Waals surface area contributed by atoms with Gasteiger partial charge in [0.25, 0.3) is 0 Å². The summed E-state index contributed by atoms with van der Waals surface area (Å²) in [6, 6.07) is 5.14. The minimum absolute atomic E-state index is 0.0483. The second kappa shape index (κ2) is 4.32. The topological polar surface area (TPSA) is 23.5 Å². The minimum Gasteiger partial charge on any atom is -0.506 e. The molecule has 0 saturated carbocycles. The quantitative estimate of drug-likeness (QED) is 0.831. The van der Waals surface area contributed by atoms with Crippen LogP contribution in [0.3, 0.4) is 0 Å². The van der Waals surface area contributed by atoms with E-state index in [9.17, 15) is 9.50 Å². The lowest BCUT2D eigenvalue weighted by Crippen LogP contribution is -2.34. The van der Waals surface area contributed by atoms with Gasteiger partial charge in [0.2, 0.25) is 0 Å². The van der Waals surface area contributed by atoms with Crippen LogP contribution < -0.4 is 4.90 Å². The Bertz CT molecular complexity index is 360. The van der Waals surface area contributed by atoms with Crippen LogP contribution in [0, 0.1) is 5.82 Å². The summed E-state index contributed by atoms with van der Waals surface area (Å²) < 4.78 is 13.8. The summed E-state index contributed by atoms with van der Waals surface area (Å²) in [6.07, 6.45) is 3.12. The van der Waals surface area contributed by atoms with E-state index >= 15 is 0 Å². The Morgan fingerprint density at radius 1 is 1.44 bits per heavy atom. The Morgan fingerprint density at radius 3 is 2.81 bits per heavy atom. The molecule has 1 saturated heterocycles. The highest BCUT2D eigenvalue weighted by Gasteiger charge is 2.32. The molecule has 1 aromatic rings. The van der Waals surface area contributed by atoms with Crippen LogP contribution in [0.5, 0.6) is 5.75 Å². The second-order valence-electron chi connectivity index (χ2n) is 4.50. The summed E-state index contributed by atoms with van der Waals surface area (Å²) >= 11 is 0. The van der Waals surface area contributed by atoms with Gasteiger partial charge in [-0.1, -0.05) is 13.0 Å². The highest BCUT2D eigenvalue weighted by Crippen LogP contribution is 2.38. The zero-order chi connectivity index (χ0) is 11.7. The molecule has 2 nitrogen and oxygen atoms in total. The Labute approximate surface area is 95.7 Å². The molecule has 0 aromatic heterocycles. The molecule has 16 heavy (non-hydrogen) atoms. The molecule has 1 N–H and O–H groups in total. The SMILES string of the molecule is CCC1CCC(C)N1c1c(O)cccc1F. The van der Waals surface area contributed by atoms with Crippen molar-refractivity contribution in [3.63, 3.8) is 0 Å². The molecule has 1 aliphatic rings. The van der Waals surface area contributed by atoms with Crippen LogP contribution in [0.2, 0.25) is 0 Å². The van der Waals surface area contributed by atoms with Gasteiger partial charge in [-0.15, -0.1) is 0 Å². The van der Waals surface area contributed by atoms with E-state index in [-0.39, 0.29) is 11.6 Å². The summed E-state index contributed by atoms with van der Waals surface area (Å²) in [7, 11) is 0. The van der Waals surface area contributed by atoms with Gasteiger partial charge >= 0.3 is 0 Å². The van der Waals surface area contributed by atoms with Gasteiger partial charge in [0.1, 0.15) is 17.3 Å². The lowest BCUT2D eigenvalue weighted by atomic mass is 10.1. The van der Waals surface area contributed by atoms with Crippen LogP contribution in [-0.2, 0) is 0 Å². The minimum atomic E-state index is -0.327. The smallest absolute Gasteiger partial charge is 0.150 e. The van der Waals surface area contributed by atoms with Gasteiger partial charge in [0.05, 0.1) is 0 Å². The van der Waals surface area contributed by atoms with Crippen molar-refractivity contribution < 1.29 is 9.50 Å². The first-order chi connectivity index (χ1) is 7.65. The van der Waals surface area contributed by atoms with Crippen LogP contribution in [0.15, 0.2) is 18.2 Å². The number of rotatable bonds is 2. The summed E-state index contributed by atoms with van der Waals surface area (Å²) in [5, 5.41) is 9.80. The van der Waals surface area contributed by atoms with E-state index in [1.165, 1.54) is 12.1 Å². The third kappa shape index (κ3) is 1.75. The van der Waals surface area contributed by atoms with E-state index < -0.39 is 0 Å². The number of nitrogens with zero attached hydrogens (tertiary/aromatic N) is 1. The highest BCUT2D eigenvalue weighted by molar-refractivity contribution is 5.60. The average molecular weight is 223 g/mol. The Morgan fingerprint density at radius 2 is 2.19 bits per heavy atom. The number of halogens is 1. The highest BCUT2D eigenvalue weighted by atomic mass is 19.1. The van der Waals surface area contributed by atoms with Gasteiger partial charge in [0, 0.05) is 12.1 Å². The van der Waals surface area contributed by atoms with Crippen molar-refractivity contribution in [1.29, 1.82) is 0 Å². The Kier molecular flexibility index (Phi) is 3.03. The molecule has 0 spiro atoms. The van der Waals surface area contributed by atoms with Gasteiger partial charge in [0.15, 0.2) is 0 Å². The standard InChI is InChI=1S/C13H18FNO/c1-3-10-8-7-9(2)15(10)13-11(14)5-4-6-12(13)16/h4-6,9-10,16H,3,7-8H2,1-2H3. The number of phenolic OH excluding ortho intramolecular Hbond substituents is 1. The number of anilines is 1. The normalized spacial score (nSPS) is 25.1. The predicted octanol–water partition coefficient (Wildman–Crippen LogP) is 3.30. The fraction of sp³-hybridized carbons (Fsp3) is 0.538. The molecule has 1 heterocycles. The molecule has 0 aliphatic carbocycles. The van der Waals surface area contributed by atoms with Crippen molar-refractivity contribution in [1.82, 2.24) is 0 Å². The molecule has 0 radical (unpaired) electrons. The molecule has 2 rings (SSSR count). The van der Waals surface area contributed by atoms with Crippen molar-refractivity contribution in [2.24, 2.45) is 0 Å². The third-order valence-electron chi connectivity index (χ3n) is 3.48. The number of hydrogen-bond acceptors (Lipinski definition) is 2. The van der Waals surface area contributed by atoms with E-state index in [4.69, 9.17) is 0 Å². The van der Waals surface area contributed by atoms with Crippen LogP contribution in [0.1, 0.15) is 33.1 Å². The van der Waals surface area contributed by atoms with Crippen molar-refractivity contribution in [2.75, 3.05) is 4.90 Å². The van der Waals surface area contributed by atoms with Crippen LogP contribution in [0.25, 0.3) is 0 Å². The summed E-state index contributed by atoms with van der Waals surface area (Å²) in [5.74, 6) is -0.278. The molecule has 3 heteroatoms. The van der Waals surface area contributed by atoms with E-state index in [2.05, 4.69) is 13.8 Å². The average Bonchev–Trinajstić information content (AvgIpc) is 2.60.